The van der Waals surface area contributed by atoms with Gasteiger partial charge in [-0.05, 0) is 43.3 Å². The summed E-state index contributed by atoms with van der Waals surface area (Å²) in [5, 5.41) is 3.54. The van der Waals surface area contributed by atoms with E-state index in [1.54, 1.807) is 0 Å². The molecule has 1 saturated heterocycles. The summed E-state index contributed by atoms with van der Waals surface area (Å²) in [6, 6.07) is 2.61. The Morgan fingerprint density at radius 3 is 2.75 bits per heavy atom. The lowest BCUT2D eigenvalue weighted by atomic mass is 10.1. The largest absolute Gasteiger partial charge is 0.367 e. The third-order valence-electron chi connectivity index (χ3n) is 3.19. The van der Waals surface area contributed by atoms with Gasteiger partial charge in [-0.15, -0.1) is 0 Å². The quantitative estimate of drug-likeness (QED) is 0.874. The molecule has 1 aliphatic carbocycles. The summed E-state index contributed by atoms with van der Waals surface area (Å²) in [6.07, 6.45) is 6.94. The van der Waals surface area contributed by atoms with Crippen LogP contribution in [0.25, 0.3) is 0 Å². The molecule has 0 amide bonds. The van der Waals surface area contributed by atoms with Crippen LogP contribution in [0.5, 0.6) is 0 Å². The third kappa shape index (κ3) is 2.48. The summed E-state index contributed by atoms with van der Waals surface area (Å²) in [4.78, 5) is 8.94. The number of hydrogen-bond donors (Lipinski definition) is 1. The highest BCUT2D eigenvalue weighted by molar-refractivity contribution is 7.99. The van der Waals surface area contributed by atoms with Gasteiger partial charge in [0.2, 0.25) is 0 Å². The lowest BCUT2D eigenvalue weighted by Gasteiger charge is -2.23. The first kappa shape index (κ1) is 10.4. The standard InChI is InChI=1S/C12H17N3S/c1-2-9(1)12-13-6-3-11(15-12)14-10-4-7-16-8-5-10/h3,6,9-10H,1-2,4-5,7-8H2,(H,13,14,15). The van der Waals surface area contributed by atoms with Crippen LogP contribution in [0.4, 0.5) is 5.82 Å². The number of thioether (sulfide) groups is 1. The van der Waals surface area contributed by atoms with Crippen LogP contribution >= 0.6 is 11.8 Å². The van der Waals surface area contributed by atoms with Gasteiger partial charge >= 0.3 is 0 Å². The Bertz CT molecular complexity index is 359. The van der Waals surface area contributed by atoms with E-state index >= 15 is 0 Å². The molecule has 86 valence electrons. The molecular formula is C12H17N3S. The van der Waals surface area contributed by atoms with E-state index in [0.29, 0.717) is 12.0 Å². The van der Waals surface area contributed by atoms with Crippen LogP contribution in [-0.2, 0) is 0 Å². The molecule has 2 aliphatic rings. The molecule has 2 fully saturated rings. The highest BCUT2D eigenvalue weighted by Gasteiger charge is 2.26. The van der Waals surface area contributed by atoms with Crippen LogP contribution in [0.1, 0.15) is 37.4 Å². The molecule has 1 N–H and O–H groups in total. The van der Waals surface area contributed by atoms with Crippen molar-refractivity contribution in [1.82, 2.24) is 9.97 Å². The van der Waals surface area contributed by atoms with E-state index in [4.69, 9.17) is 0 Å². The second-order valence-corrected chi connectivity index (χ2v) is 5.83. The molecule has 0 bridgehead atoms. The predicted octanol–water partition coefficient (Wildman–Crippen LogP) is 2.66. The van der Waals surface area contributed by atoms with E-state index in [0.717, 1.165) is 11.6 Å². The van der Waals surface area contributed by atoms with Gasteiger partial charge in [0.25, 0.3) is 0 Å². The van der Waals surface area contributed by atoms with E-state index in [2.05, 4.69) is 27.0 Å². The van der Waals surface area contributed by atoms with Crippen molar-refractivity contribution in [2.45, 2.75) is 37.6 Å². The molecule has 4 heteroatoms. The summed E-state index contributed by atoms with van der Waals surface area (Å²) >= 11 is 2.05. The van der Waals surface area contributed by atoms with Gasteiger partial charge in [-0.25, -0.2) is 9.97 Å². The minimum atomic E-state index is 0.614. The van der Waals surface area contributed by atoms with Gasteiger partial charge in [0.1, 0.15) is 11.6 Å². The fraction of sp³-hybridized carbons (Fsp3) is 0.667. The molecule has 0 unspecified atom stereocenters. The average Bonchev–Trinajstić information content (AvgIpc) is 3.15. The van der Waals surface area contributed by atoms with Gasteiger partial charge in [0.15, 0.2) is 0 Å². The monoisotopic (exact) mass is 235 g/mol. The van der Waals surface area contributed by atoms with E-state index in [-0.39, 0.29) is 0 Å². The van der Waals surface area contributed by atoms with Crippen molar-refractivity contribution in [2.24, 2.45) is 0 Å². The lowest BCUT2D eigenvalue weighted by molar-refractivity contribution is 0.662. The van der Waals surface area contributed by atoms with Crippen molar-refractivity contribution < 1.29 is 0 Å². The number of anilines is 1. The van der Waals surface area contributed by atoms with Gasteiger partial charge in [-0.2, -0.15) is 11.8 Å². The van der Waals surface area contributed by atoms with Crippen molar-refractivity contribution in [3.05, 3.63) is 18.1 Å². The minimum absolute atomic E-state index is 0.614. The topological polar surface area (TPSA) is 37.8 Å². The SMILES string of the molecule is c1cc(NC2CCSCC2)nc(C2CC2)n1. The molecule has 3 nitrogen and oxygen atoms in total. The zero-order valence-electron chi connectivity index (χ0n) is 9.35. The van der Waals surface area contributed by atoms with Gasteiger partial charge < -0.3 is 5.32 Å². The second kappa shape index (κ2) is 4.62. The van der Waals surface area contributed by atoms with Crippen molar-refractivity contribution >= 4 is 17.6 Å². The molecular weight excluding hydrogens is 218 g/mol. The van der Waals surface area contributed by atoms with Gasteiger partial charge in [-0.3, -0.25) is 0 Å². The number of nitrogens with zero attached hydrogens (tertiary/aromatic N) is 2. The number of aromatic nitrogens is 2. The van der Waals surface area contributed by atoms with E-state index in [1.165, 1.54) is 37.2 Å². The second-order valence-electron chi connectivity index (χ2n) is 4.61. The van der Waals surface area contributed by atoms with Crippen LogP contribution in [0, 0.1) is 0 Å². The maximum absolute atomic E-state index is 4.60. The maximum Gasteiger partial charge on any atom is 0.133 e. The Hall–Kier alpha value is -0.770. The third-order valence-corrected chi connectivity index (χ3v) is 4.24. The summed E-state index contributed by atoms with van der Waals surface area (Å²) in [7, 11) is 0. The van der Waals surface area contributed by atoms with E-state index in [1.807, 2.05) is 12.3 Å². The first-order valence-corrected chi connectivity index (χ1v) is 7.24. The Morgan fingerprint density at radius 1 is 1.19 bits per heavy atom. The number of hydrogen-bond acceptors (Lipinski definition) is 4. The maximum atomic E-state index is 4.60. The summed E-state index contributed by atoms with van der Waals surface area (Å²) in [5.41, 5.74) is 0. The summed E-state index contributed by atoms with van der Waals surface area (Å²) in [6.45, 7) is 0. The van der Waals surface area contributed by atoms with Crippen LogP contribution in [0.15, 0.2) is 12.3 Å². The van der Waals surface area contributed by atoms with Crippen molar-refractivity contribution in [3.63, 3.8) is 0 Å². The molecule has 1 aromatic heterocycles. The van der Waals surface area contributed by atoms with Crippen molar-refractivity contribution in [1.29, 1.82) is 0 Å². The highest BCUT2D eigenvalue weighted by Crippen LogP contribution is 2.38. The average molecular weight is 235 g/mol. The molecule has 0 radical (unpaired) electrons. The fourth-order valence-corrected chi connectivity index (χ4v) is 3.15. The highest BCUT2D eigenvalue weighted by atomic mass is 32.2. The van der Waals surface area contributed by atoms with Gasteiger partial charge in [0.05, 0.1) is 0 Å². The Balaban J connectivity index is 1.66. The summed E-state index contributed by atoms with van der Waals surface area (Å²) < 4.78 is 0. The zero-order valence-corrected chi connectivity index (χ0v) is 10.2. The fourth-order valence-electron chi connectivity index (χ4n) is 2.04. The minimum Gasteiger partial charge on any atom is -0.367 e. The summed E-state index contributed by atoms with van der Waals surface area (Å²) in [5.74, 6) is 5.25. The first-order valence-electron chi connectivity index (χ1n) is 6.09. The lowest BCUT2D eigenvalue weighted by Crippen LogP contribution is -2.25. The molecule has 16 heavy (non-hydrogen) atoms. The zero-order chi connectivity index (χ0) is 10.8. The molecule has 0 spiro atoms. The van der Waals surface area contributed by atoms with Gasteiger partial charge in [0, 0.05) is 18.2 Å². The Kier molecular flexibility index (Phi) is 3.00. The van der Waals surface area contributed by atoms with Crippen molar-refractivity contribution in [2.75, 3.05) is 16.8 Å². The van der Waals surface area contributed by atoms with E-state index in [9.17, 15) is 0 Å². The first-order chi connectivity index (χ1) is 7.92. The van der Waals surface area contributed by atoms with Gasteiger partial charge in [-0.1, -0.05) is 0 Å². The van der Waals surface area contributed by atoms with Crippen LogP contribution in [0.2, 0.25) is 0 Å². The molecule has 1 saturated carbocycles. The molecule has 2 heterocycles. The molecule has 0 atom stereocenters. The van der Waals surface area contributed by atoms with Crippen molar-refractivity contribution in [3.8, 4) is 0 Å². The molecule has 0 aromatic carbocycles. The van der Waals surface area contributed by atoms with E-state index < -0.39 is 0 Å². The Labute approximate surface area is 100 Å². The number of rotatable bonds is 3. The molecule has 1 aliphatic heterocycles. The Morgan fingerprint density at radius 2 is 2.00 bits per heavy atom. The molecule has 1 aromatic rings. The normalized spacial score (nSPS) is 22.0. The van der Waals surface area contributed by atoms with Crippen LogP contribution < -0.4 is 5.32 Å². The van der Waals surface area contributed by atoms with Crippen LogP contribution in [0.3, 0.4) is 0 Å². The number of nitrogens with one attached hydrogen (secondary N) is 1. The van der Waals surface area contributed by atoms with Crippen LogP contribution in [-0.4, -0.2) is 27.5 Å². The molecule has 3 rings (SSSR count). The smallest absolute Gasteiger partial charge is 0.133 e. The predicted molar refractivity (Wildman–Crippen MR) is 68.0 cm³/mol.